The highest BCUT2D eigenvalue weighted by Gasteiger charge is 2.19. The van der Waals surface area contributed by atoms with Crippen molar-refractivity contribution in [3.63, 3.8) is 0 Å². The van der Waals surface area contributed by atoms with Crippen molar-refractivity contribution in [2.24, 2.45) is 0 Å². The van der Waals surface area contributed by atoms with Gasteiger partial charge in [0.05, 0.1) is 0 Å². The van der Waals surface area contributed by atoms with Crippen molar-refractivity contribution in [1.82, 2.24) is 0 Å². The molecule has 0 saturated heterocycles. The van der Waals surface area contributed by atoms with Crippen molar-refractivity contribution >= 4 is 17.9 Å². The van der Waals surface area contributed by atoms with Crippen LogP contribution in [0.1, 0.15) is 265 Å². The summed E-state index contributed by atoms with van der Waals surface area (Å²) in [5.74, 6) is -1.000. The second-order valence-corrected chi connectivity index (χ2v) is 18.8. The number of rotatable bonds is 51. The van der Waals surface area contributed by atoms with Gasteiger partial charge in [-0.1, -0.05) is 234 Å². The molecule has 394 valence electrons. The lowest BCUT2D eigenvalue weighted by molar-refractivity contribution is -0.166. The number of hydrogen-bond acceptors (Lipinski definition) is 6. The number of hydrogen-bond donors (Lipinski definition) is 0. The maximum Gasteiger partial charge on any atom is 0.306 e. The van der Waals surface area contributed by atoms with Gasteiger partial charge in [0.1, 0.15) is 13.2 Å². The van der Waals surface area contributed by atoms with Gasteiger partial charge in [-0.3, -0.25) is 14.4 Å². The summed E-state index contributed by atoms with van der Waals surface area (Å²) in [5.41, 5.74) is 0. The van der Waals surface area contributed by atoms with Gasteiger partial charge in [0.25, 0.3) is 0 Å². The average molecular weight is 960 g/mol. The summed E-state index contributed by atoms with van der Waals surface area (Å²) in [7, 11) is 0. The van der Waals surface area contributed by atoms with Crippen LogP contribution in [0.25, 0.3) is 0 Å². The summed E-state index contributed by atoms with van der Waals surface area (Å²) < 4.78 is 16.8. The number of carbonyl (C=O) groups is 3. The molecule has 0 amide bonds. The van der Waals surface area contributed by atoms with Gasteiger partial charge in [0, 0.05) is 19.3 Å². The van der Waals surface area contributed by atoms with E-state index in [9.17, 15) is 14.4 Å². The van der Waals surface area contributed by atoms with Crippen LogP contribution >= 0.6 is 0 Å². The molecular weight excluding hydrogens is 853 g/mol. The molecule has 0 aliphatic heterocycles. The second-order valence-electron chi connectivity index (χ2n) is 18.8. The molecule has 0 spiro atoms. The van der Waals surface area contributed by atoms with Crippen molar-refractivity contribution in [1.29, 1.82) is 0 Å². The smallest absolute Gasteiger partial charge is 0.306 e. The third-order valence-electron chi connectivity index (χ3n) is 12.1. The van der Waals surface area contributed by atoms with Crippen LogP contribution in [0, 0.1) is 0 Å². The summed E-state index contributed by atoms with van der Waals surface area (Å²) in [6.07, 6.45) is 75.5. The lowest BCUT2D eigenvalue weighted by Gasteiger charge is -2.18. The Kier molecular flexibility index (Phi) is 53.9. The fraction of sp³-hybridized carbons (Fsp3) is 0.698. The average Bonchev–Trinajstić information content (AvgIpc) is 3.35. The molecule has 0 rings (SSSR count). The Bertz CT molecular complexity index is 1380. The van der Waals surface area contributed by atoms with Crippen LogP contribution in [0.15, 0.2) is 97.2 Å². The zero-order valence-corrected chi connectivity index (χ0v) is 45.0. The highest BCUT2D eigenvalue weighted by molar-refractivity contribution is 5.71. The van der Waals surface area contributed by atoms with E-state index in [-0.39, 0.29) is 37.5 Å². The van der Waals surface area contributed by atoms with Gasteiger partial charge in [-0.25, -0.2) is 0 Å². The first-order chi connectivity index (χ1) is 34.0. The lowest BCUT2D eigenvalue weighted by atomic mass is 10.1. The molecule has 0 N–H and O–H groups in total. The van der Waals surface area contributed by atoms with Crippen LogP contribution in [0.5, 0.6) is 0 Å². The van der Waals surface area contributed by atoms with Gasteiger partial charge in [-0.2, -0.15) is 0 Å². The number of ether oxygens (including phenoxy) is 3. The predicted molar refractivity (Wildman–Crippen MR) is 297 cm³/mol. The summed E-state index contributed by atoms with van der Waals surface area (Å²) in [5, 5.41) is 0. The Labute approximate surface area is 426 Å². The summed E-state index contributed by atoms with van der Waals surface area (Å²) >= 11 is 0. The van der Waals surface area contributed by atoms with Crippen molar-refractivity contribution in [2.75, 3.05) is 13.2 Å². The van der Waals surface area contributed by atoms with Crippen molar-refractivity contribution < 1.29 is 28.6 Å². The van der Waals surface area contributed by atoms with Crippen molar-refractivity contribution in [3.05, 3.63) is 97.2 Å². The molecule has 0 aliphatic carbocycles. The van der Waals surface area contributed by atoms with Gasteiger partial charge < -0.3 is 14.2 Å². The Balaban J connectivity index is 4.43. The topological polar surface area (TPSA) is 78.9 Å². The van der Waals surface area contributed by atoms with Crippen molar-refractivity contribution in [3.8, 4) is 0 Å². The number of carbonyl (C=O) groups excluding carboxylic acids is 3. The van der Waals surface area contributed by atoms with Crippen LogP contribution < -0.4 is 0 Å². The molecule has 0 aliphatic rings. The van der Waals surface area contributed by atoms with E-state index in [0.29, 0.717) is 19.3 Å². The molecule has 6 nitrogen and oxygen atoms in total. The van der Waals surface area contributed by atoms with Crippen LogP contribution in [0.2, 0.25) is 0 Å². The quantitative estimate of drug-likeness (QED) is 0.0262. The molecule has 0 bridgehead atoms. The molecule has 69 heavy (non-hydrogen) atoms. The first kappa shape index (κ1) is 65.3. The molecule has 1 atom stereocenters. The molecule has 6 heteroatoms. The third-order valence-corrected chi connectivity index (χ3v) is 12.1. The number of unbranched alkanes of at least 4 members (excludes halogenated alkanes) is 24. The Hall–Kier alpha value is -3.67. The minimum atomic E-state index is -0.813. The van der Waals surface area contributed by atoms with Gasteiger partial charge >= 0.3 is 17.9 Å². The molecule has 0 aromatic heterocycles. The summed E-state index contributed by atoms with van der Waals surface area (Å²) in [4.78, 5) is 38.1. The lowest BCUT2D eigenvalue weighted by Crippen LogP contribution is -2.30. The fourth-order valence-electron chi connectivity index (χ4n) is 7.75. The Morgan fingerprint density at radius 3 is 1.00 bits per heavy atom. The number of esters is 3. The van der Waals surface area contributed by atoms with Gasteiger partial charge in [-0.15, -0.1) is 0 Å². The maximum absolute atomic E-state index is 12.8. The van der Waals surface area contributed by atoms with E-state index in [2.05, 4.69) is 112 Å². The Morgan fingerprint density at radius 2 is 0.594 bits per heavy atom. The van der Waals surface area contributed by atoms with E-state index in [0.717, 1.165) is 83.5 Å². The first-order valence-corrected chi connectivity index (χ1v) is 28.7. The normalized spacial score (nSPS) is 12.8. The SMILES string of the molecule is CC/C=C\C/C=C\C/C=C\C/C=C\CCC(=O)OCC(COC(=O)CCCCCCCCCCC/C=C\C/C=C\CCCCCCC)OC(=O)CCCCCCCCC/C=C\C/C=C\CCCCC. The van der Waals surface area contributed by atoms with E-state index in [1.807, 2.05) is 6.08 Å². The fourth-order valence-corrected chi connectivity index (χ4v) is 7.75. The van der Waals surface area contributed by atoms with Gasteiger partial charge in [0.15, 0.2) is 6.10 Å². The molecule has 0 aromatic rings. The van der Waals surface area contributed by atoms with E-state index in [1.54, 1.807) is 0 Å². The second kappa shape index (κ2) is 56.9. The zero-order chi connectivity index (χ0) is 50.0. The summed E-state index contributed by atoms with van der Waals surface area (Å²) in [6, 6.07) is 0. The van der Waals surface area contributed by atoms with E-state index < -0.39 is 6.10 Å². The molecule has 0 aromatic carbocycles. The molecular formula is C63H106O6. The zero-order valence-electron chi connectivity index (χ0n) is 45.0. The predicted octanol–water partition coefficient (Wildman–Crippen LogP) is 19.3. The highest BCUT2D eigenvalue weighted by atomic mass is 16.6. The molecule has 0 saturated carbocycles. The van der Waals surface area contributed by atoms with Crippen LogP contribution in [0.3, 0.4) is 0 Å². The molecule has 0 heterocycles. The monoisotopic (exact) mass is 959 g/mol. The number of allylic oxidation sites excluding steroid dienone is 16. The van der Waals surface area contributed by atoms with E-state index in [4.69, 9.17) is 14.2 Å². The van der Waals surface area contributed by atoms with E-state index >= 15 is 0 Å². The Morgan fingerprint density at radius 1 is 0.304 bits per heavy atom. The highest BCUT2D eigenvalue weighted by Crippen LogP contribution is 2.14. The largest absolute Gasteiger partial charge is 0.462 e. The van der Waals surface area contributed by atoms with Crippen LogP contribution in [0.4, 0.5) is 0 Å². The third kappa shape index (κ3) is 55.1. The van der Waals surface area contributed by atoms with Crippen LogP contribution in [-0.4, -0.2) is 37.2 Å². The van der Waals surface area contributed by atoms with E-state index in [1.165, 1.54) is 135 Å². The minimum Gasteiger partial charge on any atom is -0.462 e. The van der Waals surface area contributed by atoms with Crippen LogP contribution in [-0.2, 0) is 28.6 Å². The minimum absolute atomic E-state index is 0.105. The standard InChI is InChI=1S/C63H106O6/c1-4-7-10-13-16-19-22-25-27-29-30-31-32-34-35-38-41-44-47-50-53-56-62(65)68-59-60(58-67-61(64)55-52-49-46-43-40-37-24-21-18-15-12-9-6-3)69-63(66)57-54-51-48-45-42-39-36-33-28-26-23-20-17-14-11-8-5-2/h9,12,17-18,20-22,25-26,28-30,37,40,46,49,60H,4-8,10-11,13-16,19,23-24,27,31-36,38-39,41-45,47-48,50-59H2,1-3H3/b12-9-,20-17-,21-18-,25-22-,28-26-,30-29-,40-37-,49-46-. The molecule has 0 radical (unpaired) electrons. The first-order valence-electron chi connectivity index (χ1n) is 28.7. The van der Waals surface area contributed by atoms with Gasteiger partial charge in [0.2, 0.25) is 0 Å². The maximum atomic E-state index is 12.8. The van der Waals surface area contributed by atoms with Crippen molar-refractivity contribution in [2.45, 2.75) is 271 Å². The summed E-state index contributed by atoms with van der Waals surface area (Å²) in [6.45, 7) is 6.42. The molecule has 0 fully saturated rings. The van der Waals surface area contributed by atoms with Gasteiger partial charge in [-0.05, 0) is 109 Å². The molecule has 1 unspecified atom stereocenters.